The van der Waals surface area contributed by atoms with E-state index in [1.54, 1.807) is 30.3 Å². The molecule has 0 aliphatic heterocycles. The fourth-order valence-electron chi connectivity index (χ4n) is 1.81. The van der Waals surface area contributed by atoms with Crippen LogP contribution in [0.2, 0.25) is 0 Å². The van der Waals surface area contributed by atoms with Gasteiger partial charge in [0.15, 0.2) is 0 Å². The predicted octanol–water partition coefficient (Wildman–Crippen LogP) is 3.09. The molecule has 0 radical (unpaired) electrons. The first-order chi connectivity index (χ1) is 7.77. The highest BCUT2D eigenvalue weighted by molar-refractivity contribution is 5.89. The van der Waals surface area contributed by atoms with E-state index in [1.165, 1.54) is 12.1 Å². The molecule has 0 atom stereocenters. The minimum absolute atomic E-state index is 0.0150. The molecular formula is C13H7FO2. The van der Waals surface area contributed by atoms with Gasteiger partial charge in [-0.05, 0) is 24.3 Å². The van der Waals surface area contributed by atoms with Gasteiger partial charge in [0.2, 0.25) is 5.43 Å². The van der Waals surface area contributed by atoms with Gasteiger partial charge >= 0.3 is 0 Å². The maximum Gasteiger partial charge on any atom is 0.203 e. The highest BCUT2D eigenvalue weighted by Gasteiger charge is 2.10. The van der Waals surface area contributed by atoms with Gasteiger partial charge in [0.25, 0.3) is 0 Å². The first-order valence-corrected chi connectivity index (χ1v) is 4.87. The van der Waals surface area contributed by atoms with Gasteiger partial charge in [-0.1, -0.05) is 18.2 Å². The number of fused-ring (bicyclic) bond motifs is 2. The fraction of sp³-hybridized carbons (Fsp3) is 0. The SMILES string of the molecule is O=c1c2ccccc2oc2cccc(F)c12. The molecule has 0 bridgehead atoms. The molecule has 3 heteroatoms. The Bertz CT molecular complexity index is 744. The average molecular weight is 214 g/mol. The van der Waals surface area contributed by atoms with Crippen molar-refractivity contribution in [2.75, 3.05) is 0 Å². The monoisotopic (exact) mass is 214 g/mol. The lowest BCUT2D eigenvalue weighted by molar-refractivity contribution is 0.625. The zero-order chi connectivity index (χ0) is 11.1. The molecule has 0 saturated carbocycles. The molecule has 0 spiro atoms. The zero-order valence-corrected chi connectivity index (χ0v) is 8.24. The summed E-state index contributed by atoms with van der Waals surface area (Å²) < 4.78 is 19.0. The molecule has 1 aromatic heterocycles. The van der Waals surface area contributed by atoms with Crippen molar-refractivity contribution in [1.29, 1.82) is 0 Å². The normalized spacial score (nSPS) is 11.1. The molecule has 0 saturated heterocycles. The van der Waals surface area contributed by atoms with Crippen molar-refractivity contribution >= 4 is 21.9 Å². The molecule has 3 rings (SSSR count). The standard InChI is InChI=1S/C13H7FO2/c14-9-5-3-7-11-12(9)13(15)8-4-1-2-6-10(8)16-11/h1-7H. The van der Waals surface area contributed by atoms with Gasteiger partial charge in [0, 0.05) is 0 Å². The van der Waals surface area contributed by atoms with Crippen LogP contribution in [-0.2, 0) is 0 Å². The molecular weight excluding hydrogens is 207 g/mol. The van der Waals surface area contributed by atoms with E-state index < -0.39 is 5.82 Å². The third-order valence-corrected chi connectivity index (χ3v) is 2.55. The number of halogens is 1. The van der Waals surface area contributed by atoms with Crippen LogP contribution in [0.3, 0.4) is 0 Å². The number of benzene rings is 2. The third kappa shape index (κ3) is 1.15. The van der Waals surface area contributed by atoms with Gasteiger partial charge in [-0.2, -0.15) is 0 Å². The zero-order valence-electron chi connectivity index (χ0n) is 8.24. The second-order valence-corrected chi connectivity index (χ2v) is 3.54. The number of para-hydroxylation sites is 1. The molecule has 0 amide bonds. The van der Waals surface area contributed by atoms with Crippen molar-refractivity contribution in [2.45, 2.75) is 0 Å². The van der Waals surface area contributed by atoms with Gasteiger partial charge in [-0.15, -0.1) is 0 Å². The highest BCUT2D eigenvalue weighted by atomic mass is 19.1. The minimum Gasteiger partial charge on any atom is -0.456 e. The summed E-state index contributed by atoms with van der Waals surface area (Å²) >= 11 is 0. The van der Waals surface area contributed by atoms with Crippen LogP contribution >= 0.6 is 0 Å². The topological polar surface area (TPSA) is 30.2 Å². The van der Waals surface area contributed by atoms with E-state index >= 15 is 0 Å². The van der Waals surface area contributed by atoms with E-state index in [-0.39, 0.29) is 16.4 Å². The van der Waals surface area contributed by atoms with E-state index in [4.69, 9.17) is 4.42 Å². The largest absolute Gasteiger partial charge is 0.456 e. The maximum absolute atomic E-state index is 13.5. The van der Waals surface area contributed by atoms with Crippen molar-refractivity contribution in [1.82, 2.24) is 0 Å². The van der Waals surface area contributed by atoms with Gasteiger partial charge in [-0.3, -0.25) is 4.79 Å². The summed E-state index contributed by atoms with van der Waals surface area (Å²) in [5.74, 6) is -0.544. The summed E-state index contributed by atoms with van der Waals surface area (Å²) in [5, 5.41) is 0.418. The van der Waals surface area contributed by atoms with Crippen LogP contribution in [0.1, 0.15) is 0 Å². The Morgan fingerprint density at radius 1 is 0.938 bits per heavy atom. The van der Waals surface area contributed by atoms with Crippen molar-refractivity contribution in [2.24, 2.45) is 0 Å². The van der Waals surface area contributed by atoms with Crippen molar-refractivity contribution in [3.05, 3.63) is 58.5 Å². The molecule has 2 aromatic carbocycles. The molecule has 0 N–H and O–H groups in total. The van der Waals surface area contributed by atoms with Crippen LogP contribution in [0, 0.1) is 5.82 Å². The van der Waals surface area contributed by atoms with Crippen LogP contribution in [0.4, 0.5) is 4.39 Å². The van der Waals surface area contributed by atoms with Crippen molar-refractivity contribution < 1.29 is 8.81 Å². The highest BCUT2D eigenvalue weighted by Crippen LogP contribution is 2.19. The maximum atomic E-state index is 13.5. The second-order valence-electron chi connectivity index (χ2n) is 3.54. The molecule has 0 unspecified atom stereocenters. The van der Waals surface area contributed by atoms with E-state index in [0.717, 1.165) is 0 Å². The summed E-state index contributed by atoms with van der Waals surface area (Å²) in [6.07, 6.45) is 0. The van der Waals surface area contributed by atoms with Gasteiger partial charge in [0.05, 0.1) is 5.39 Å². The van der Waals surface area contributed by atoms with Crippen molar-refractivity contribution in [3.8, 4) is 0 Å². The van der Waals surface area contributed by atoms with E-state index in [9.17, 15) is 9.18 Å². The molecule has 3 aromatic rings. The van der Waals surface area contributed by atoms with E-state index in [0.29, 0.717) is 11.0 Å². The first kappa shape index (κ1) is 9.09. The lowest BCUT2D eigenvalue weighted by Crippen LogP contribution is -2.03. The van der Waals surface area contributed by atoms with Gasteiger partial charge in [-0.25, -0.2) is 4.39 Å². The van der Waals surface area contributed by atoms with Crippen LogP contribution in [0.25, 0.3) is 21.9 Å². The van der Waals surface area contributed by atoms with E-state index in [2.05, 4.69) is 0 Å². The molecule has 0 aliphatic rings. The van der Waals surface area contributed by atoms with Crippen LogP contribution < -0.4 is 5.43 Å². The second kappa shape index (κ2) is 3.17. The fourth-order valence-corrected chi connectivity index (χ4v) is 1.81. The summed E-state index contributed by atoms with van der Waals surface area (Å²) in [4.78, 5) is 12.0. The summed E-state index contributed by atoms with van der Waals surface area (Å²) in [5.41, 5.74) is 0.434. The molecule has 16 heavy (non-hydrogen) atoms. The Balaban J connectivity index is 2.67. The molecule has 0 aliphatic carbocycles. The van der Waals surface area contributed by atoms with Crippen LogP contribution in [0.5, 0.6) is 0 Å². The Hall–Kier alpha value is -2.16. The summed E-state index contributed by atoms with van der Waals surface area (Å²) in [7, 11) is 0. The van der Waals surface area contributed by atoms with Crippen molar-refractivity contribution in [3.63, 3.8) is 0 Å². The molecule has 78 valence electrons. The van der Waals surface area contributed by atoms with E-state index in [1.807, 2.05) is 0 Å². The number of hydrogen-bond acceptors (Lipinski definition) is 2. The lowest BCUT2D eigenvalue weighted by Gasteiger charge is -2.01. The minimum atomic E-state index is -0.544. The van der Waals surface area contributed by atoms with Gasteiger partial charge < -0.3 is 4.42 Å². The molecule has 1 heterocycles. The quantitative estimate of drug-likeness (QED) is 0.538. The lowest BCUT2D eigenvalue weighted by atomic mass is 10.1. The van der Waals surface area contributed by atoms with Crippen LogP contribution in [-0.4, -0.2) is 0 Å². The Morgan fingerprint density at radius 2 is 1.69 bits per heavy atom. The number of hydrogen-bond donors (Lipinski definition) is 0. The summed E-state index contributed by atoms with van der Waals surface area (Å²) in [6, 6.07) is 11.2. The Kier molecular flexibility index (Phi) is 1.80. The molecule has 2 nitrogen and oxygen atoms in total. The third-order valence-electron chi connectivity index (χ3n) is 2.55. The van der Waals surface area contributed by atoms with Crippen LogP contribution in [0.15, 0.2) is 51.7 Å². The predicted molar refractivity (Wildman–Crippen MR) is 59.9 cm³/mol. The molecule has 0 fully saturated rings. The van der Waals surface area contributed by atoms with Gasteiger partial charge in [0.1, 0.15) is 22.4 Å². The average Bonchev–Trinajstić information content (AvgIpc) is 2.29. The Morgan fingerprint density at radius 3 is 2.56 bits per heavy atom. The Labute approximate surface area is 89.9 Å². The summed E-state index contributed by atoms with van der Waals surface area (Å²) in [6.45, 7) is 0. The number of rotatable bonds is 0. The smallest absolute Gasteiger partial charge is 0.203 e. The first-order valence-electron chi connectivity index (χ1n) is 4.87.